The van der Waals surface area contributed by atoms with Crippen molar-refractivity contribution >= 4 is 65.6 Å². The summed E-state index contributed by atoms with van der Waals surface area (Å²) in [6, 6.07) is -2.31. The smallest absolute Gasteiger partial charge is 0.414 e. The number of ether oxygens (including phenoxy) is 11. The summed E-state index contributed by atoms with van der Waals surface area (Å²) in [6.07, 6.45) is -7.51. The molecule has 26 heteroatoms. The molecule has 2 aliphatic heterocycles. The Morgan fingerprint density at radius 3 is 1.75 bits per heavy atom. The molecule has 68 heavy (non-hydrogen) atoms. The van der Waals surface area contributed by atoms with Crippen LogP contribution in [0.1, 0.15) is 100 Å². The van der Waals surface area contributed by atoms with Crippen molar-refractivity contribution in [1.82, 2.24) is 21.3 Å². The number of alkyl carbamates (subject to hydrolysis) is 1. The molecule has 0 spiro atoms. The molecule has 9 atom stereocenters. The van der Waals surface area contributed by atoms with E-state index in [4.69, 9.17) is 52.1 Å². The van der Waals surface area contributed by atoms with E-state index in [2.05, 4.69) is 21.3 Å². The van der Waals surface area contributed by atoms with Crippen LogP contribution in [0, 0.1) is 0 Å². The molecule has 0 aromatic heterocycles. The second-order valence-corrected chi connectivity index (χ2v) is 15.5. The van der Waals surface area contributed by atoms with E-state index in [0.717, 1.165) is 41.5 Å². The lowest BCUT2D eigenvalue weighted by Crippen LogP contribution is -2.72. The van der Waals surface area contributed by atoms with E-state index >= 15 is 0 Å². The van der Waals surface area contributed by atoms with Crippen molar-refractivity contribution in [3.63, 3.8) is 0 Å². The number of hydrogen-bond donors (Lipinski definition) is 4. The summed E-state index contributed by atoms with van der Waals surface area (Å²) in [4.78, 5) is 133. The molecule has 0 bridgehead atoms. The van der Waals surface area contributed by atoms with E-state index in [0.29, 0.717) is 12.8 Å². The topological polar surface area (TPSA) is 337 Å². The first-order valence-corrected chi connectivity index (χ1v) is 21.8. The van der Waals surface area contributed by atoms with Crippen molar-refractivity contribution in [2.75, 3.05) is 46.1 Å². The molecule has 0 saturated carbocycles. The first-order valence-electron chi connectivity index (χ1n) is 21.8. The van der Waals surface area contributed by atoms with Crippen molar-refractivity contribution in [2.45, 2.75) is 155 Å². The molecule has 0 aliphatic carbocycles. The standard InChI is InChI=1S/C42H64N4O22/c1-23(47)45-33-22-61-32(21-60-26(4)50)39(65-29(7)53)42(33,68-30(8)54)62-19-12-10-15-35(56)67-41(57)44-17-13-16-43-34(55)14-9-11-18-58-40-36(46-24(2)48)38(64-28(6)52)37(63-27(5)51)31(66-40)20-59-25(3)49/h31-33,36-40H,9-22H2,1-8H3,(H,43,55)(H,44,57)(H,45,47)(H,46,48)/t31-,32-,33+,36-,37+,38-,39+,40-,42?/m1/s1. The third-order valence-corrected chi connectivity index (χ3v) is 9.53. The SMILES string of the molecule is CC(=O)N[C@H]1[C@H](OCCCCC(=O)NCCCNC(=O)OC(=O)CCCCOC2(OC(C)=O)[C@@H](NC(C)=O)CO[C@H](COC(C)=O)[C@@H]2OC(C)=O)O[C@H](COC(C)=O)[C@H](OC(C)=O)[C@@H]1OC(C)=O. The highest BCUT2D eigenvalue weighted by atomic mass is 16.8. The van der Waals surface area contributed by atoms with Gasteiger partial charge in [-0.05, 0) is 32.1 Å². The van der Waals surface area contributed by atoms with E-state index in [-0.39, 0.29) is 77.5 Å². The Kier molecular flexibility index (Phi) is 25.4. The zero-order chi connectivity index (χ0) is 51.0. The first-order chi connectivity index (χ1) is 32.0. The van der Waals surface area contributed by atoms with E-state index in [1.807, 2.05) is 0 Å². The van der Waals surface area contributed by atoms with Crippen LogP contribution in [-0.2, 0) is 100 Å². The van der Waals surface area contributed by atoms with Crippen LogP contribution >= 0.6 is 0 Å². The quantitative estimate of drug-likeness (QED) is 0.0277. The van der Waals surface area contributed by atoms with Gasteiger partial charge in [-0.15, -0.1) is 0 Å². The fourth-order valence-electron chi connectivity index (χ4n) is 6.92. The number of carbonyl (C=O) groups is 11. The Labute approximate surface area is 392 Å². The van der Waals surface area contributed by atoms with Gasteiger partial charge in [0.2, 0.25) is 17.7 Å². The van der Waals surface area contributed by atoms with Crippen LogP contribution in [0.25, 0.3) is 0 Å². The number of nitrogens with one attached hydrogen (secondary N) is 4. The molecule has 2 rings (SSSR count). The fourth-order valence-corrected chi connectivity index (χ4v) is 6.92. The molecule has 0 radical (unpaired) electrons. The molecule has 384 valence electrons. The maximum absolute atomic E-state index is 12.4. The minimum absolute atomic E-state index is 0.0174. The number of amides is 4. The average Bonchev–Trinajstić information content (AvgIpc) is 3.21. The van der Waals surface area contributed by atoms with Gasteiger partial charge < -0.3 is 73.4 Å². The second kappa shape index (κ2) is 29.7. The molecule has 4 amide bonds. The minimum Gasteiger partial charge on any atom is -0.463 e. The monoisotopic (exact) mass is 976 g/mol. The van der Waals surface area contributed by atoms with Crippen molar-refractivity contribution in [3.05, 3.63) is 0 Å². The molecular formula is C42H64N4O22. The number of carbonyl (C=O) groups excluding carboxylic acids is 11. The predicted octanol–water partition coefficient (Wildman–Crippen LogP) is -0.567. The number of hydrogen-bond acceptors (Lipinski definition) is 22. The van der Waals surface area contributed by atoms with Gasteiger partial charge in [-0.2, -0.15) is 0 Å². The summed E-state index contributed by atoms with van der Waals surface area (Å²) in [5.41, 5.74) is 0. The predicted molar refractivity (Wildman–Crippen MR) is 225 cm³/mol. The van der Waals surface area contributed by atoms with Crippen LogP contribution in [0.5, 0.6) is 0 Å². The molecule has 0 aromatic rings. The Balaban J connectivity index is 1.80. The Hall–Kier alpha value is -5.99. The van der Waals surface area contributed by atoms with Gasteiger partial charge in [-0.25, -0.2) is 4.79 Å². The summed E-state index contributed by atoms with van der Waals surface area (Å²) in [6.45, 7) is 8.06. The molecular weight excluding hydrogens is 912 g/mol. The van der Waals surface area contributed by atoms with Crippen LogP contribution in [0.3, 0.4) is 0 Å². The van der Waals surface area contributed by atoms with Crippen LogP contribution in [0.15, 0.2) is 0 Å². The van der Waals surface area contributed by atoms with Crippen molar-refractivity contribution < 1.29 is 105 Å². The third-order valence-electron chi connectivity index (χ3n) is 9.53. The van der Waals surface area contributed by atoms with E-state index in [1.165, 1.54) is 13.8 Å². The lowest BCUT2D eigenvalue weighted by molar-refractivity contribution is -0.329. The fraction of sp³-hybridized carbons (Fsp3) is 0.738. The van der Waals surface area contributed by atoms with Crippen LogP contribution < -0.4 is 21.3 Å². The molecule has 2 aliphatic rings. The van der Waals surface area contributed by atoms with E-state index in [1.54, 1.807) is 0 Å². The second-order valence-electron chi connectivity index (χ2n) is 15.5. The molecule has 2 saturated heterocycles. The van der Waals surface area contributed by atoms with Gasteiger partial charge in [0, 0.05) is 87.9 Å². The van der Waals surface area contributed by atoms with Gasteiger partial charge >= 0.3 is 47.9 Å². The summed E-state index contributed by atoms with van der Waals surface area (Å²) in [5.74, 6) is -8.89. The van der Waals surface area contributed by atoms with Gasteiger partial charge in [-0.1, -0.05) is 0 Å². The highest BCUT2D eigenvalue weighted by Gasteiger charge is 2.60. The summed E-state index contributed by atoms with van der Waals surface area (Å²) in [7, 11) is 0. The highest BCUT2D eigenvalue weighted by molar-refractivity contribution is 5.84. The zero-order valence-corrected chi connectivity index (χ0v) is 39.5. The molecule has 2 heterocycles. The highest BCUT2D eigenvalue weighted by Crippen LogP contribution is 2.35. The largest absolute Gasteiger partial charge is 0.463 e. The third kappa shape index (κ3) is 21.3. The van der Waals surface area contributed by atoms with Gasteiger partial charge in [-0.3, -0.25) is 47.9 Å². The van der Waals surface area contributed by atoms with E-state index < -0.39 is 121 Å². The van der Waals surface area contributed by atoms with Crippen LogP contribution in [0.2, 0.25) is 0 Å². The van der Waals surface area contributed by atoms with Crippen molar-refractivity contribution in [3.8, 4) is 0 Å². The van der Waals surface area contributed by atoms with Gasteiger partial charge in [0.15, 0.2) is 24.6 Å². The first kappa shape index (κ1) is 58.1. The van der Waals surface area contributed by atoms with E-state index in [9.17, 15) is 52.7 Å². The normalized spacial score (nSPS) is 24.1. The average molecular weight is 977 g/mol. The maximum Gasteiger partial charge on any atom is 0.414 e. The number of unbranched alkanes of at least 4 members (excludes halogenated alkanes) is 2. The summed E-state index contributed by atoms with van der Waals surface area (Å²) < 4.78 is 60.3. The molecule has 0 aromatic carbocycles. The molecule has 4 N–H and O–H groups in total. The molecule has 26 nitrogen and oxygen atoms in total. The Morgan fingerprint density at radius 2 is 1.16 bits per heavy atom. The lowest BCUT2D eigenvalue weighted by Gasteiger charge is -2.49. The number of esters is 7. The minimum atomic E-state index is -2.13. The maximum atomic E-state index is 12.4. The van der Waals surface area contributed by atoms with Gasteiger partial charge in [0.25, 0.3) is 5.79 Å². The van der Waals surface area contributed by atoms with Crippen molar-refractivity contribution in [2.24, 2.45) is 0 Å². The van der Waals surface area contributed by atoms with Crippen molar-refractivity contribution in [1.29, 1.82) is 0 Å². The zero-order valence-electron chi connectivity index (χ0n) is 39.5. The Morgan fingerprint density at radius 1 is 0.588 bits per heavy atom. The van der Waals surface area contributed by atoms with Crippen LogP contribution in [-0.4, -0.2) is 166 Å². The molecule has 2 fully saturated rings. The Bertz CT molecular complexity index is 1780. The van der Waals surface area contributed by atoms with Gasteiger partial charge in [0.05, 0.1) is 13.2 Å². The summed E-state index contributed by atoms with van der Waals surface area (Å²) >= 11 is 0. The summed E-state index contributed by atoms with van der Waals surface area (Å²) in [5, 5.41) is 10.3. The molecule has 1 unspecified atom stereocenters. The van der Waals surface area contributed by atoms with Gasteiger partial charge in [0.1, 0.15) is 37.5 Å². The van der Waals surface area contributed by atoms with Crippen LogP contribution in [0.4, 0.5) is 4.79 Å². The number of rotatable bonds is 26. The lowest BCUT2D eigenvalue weighted by atomic mass is 9.92.